The van der Waals surface area contributed by atoms with E-state index in [1.807, 2.05) is 6.07 Å². The summed E-state index contributed by atoms with van der Waals surface area (Å²) in [5.74, 6) is 1.51. The highest BCUT2D eigenvalue weighted by Crippen LogP contribution is 2.24. The van der Waals surface area contributed by atoms with Gasteiger partial charge in [0.25, 0.3) is 0 Å². The molecule has 2 heterocycles. The third kappa shape index (κ3) is 3.58. The summed E-state index contributed by atoms with van der Waals surface area (Å²) in [5, 5.41) is 3.89. The van der Waals surface area contributed by atoms with Gasteiger partial charge >= 0.3 is 0 Å². The molecule has 0 radical (unpaired) electrons. The first-order valence-electron chi connectivity index (χ1n) is 6.57. The Bertz CT molecular complexity index is 559. The first-order chi connectivity index (χ1) is 9.65. The van der Waals surface area contributed by atoms with Crippen molar-refractivity contribution in [2.45, 2.75) is 26.7 Å². The quantitative estimate of drug-likeness (QED) is 0.762. The topological polar surface area (TPSA) is 50.7 Å². The fraction of sp³-hybridized carbons (Fsp3) is 0.357. The van der Waals surface area contributed by atoms with E-state index < -0.39 is 0 Å². The molecule has 0 fully saturated rings. The standard InChI is InChI=1S/C14H16ClIN4/c1-3-5-10-12(16)14(17-4-2)20-13(19-10)11-7-6-9(15)8-18-11/h6-8H,3-5H2,1-2H3,(H,17,19,20). The molecule has 0 amide bonds. The smallest absolute Gasteiger partial charge is 0.180 e. The molecule has 2 rings (SSSR count). The Kier molecular flexibility index (Phi) is 5.54. The Morgan fingerprint density at radius 3 is 2.65 bits per heavy atom. The Balaban J connectivity index is 2.49. The van der Waals surface area contributed by atoms with Gasteiger partial charge < -0.3 is 5.32 Å². The third-order valence-electron chi connectivity index (χ3n) is 2.71. The van der Waals surface area contributed by atoms with Crippen molar-refractivity contribution >= 4 is 40.0 Å². The van der Waals surface area contributed by atoms with E-state index in [2.05, 4.69) is 56.7 Å². The van der Waals surface area contributed by atoms with Crippen LogP contribution in [-0.4, -0.2) is 21.5 Å². The number of anilines is 1. The van der Waals surface area contributed by atoms with Crippen molar-refractivity contribution in [1.82, 2.24) is 15.0 Å². The molecule has 6 heteroatoms. The summed E-state index contributed by atoms with van der Waals surface area (Å²) < 4.78 is 1.09. The number of nitrogens with zero attached hydrogens (tertiary/aromatic N) is 3. The molecule has 0 atom stereocenters. The maximum absolute atomic E-state index is 5.87. The van der Waals surface area contributed by atoms with Crippen LogP contribution in [0.2, 0.25) is 5.02 Å². The minimum absolute atomic E-state index is 0.611. The number of rotatable bonds is 5. The van der Waals surface area contributed by atoms with Gasteiger partial charge in [-0.1, -0.05) is 24.9 Å². The zero-order valence-electron chi connectivity index (χ0n) is 11.5. The van der Waals surface area contributed by atoms with Crippen molar-refractivity contribution in [1.29, 1.82) is 0 Å². The van der Waals surface area contributed by atoms with Gasteiger partial charge in [0.05, 0.1) is 14.3 Å². The minimum Gasteiger partial charge on any atom is -0.369 e. The molecule has 20 heavy (non-hydrogen) atoms. The van der Waals surface area contributed by atoms with Crippen LogP contribution in [0.15, 0.2) is 18.3 Å². The highest BCUT2D eigenvalue weighted by molar-refractivity contribution is 14.1. The van der Waals surface area contributed by atoms with E-state index >= 15 is 0 Å². The molecule has 2 aromatic rings. The lowest BCUT2D eigenvalue weighted by atomic mass is 10.2. The molecule has 0 unspecified atom stereocenters. The lowest BCUT2D eigenvalue weighted by Gasteiger charge is -2.11. The van der Waals surface area contributed by atoms with Crippen LogP contribution in [0.5, 0.6) is 0 Å². The lowest BCUT2D eigenvalue weighted by Crippen LogP contribution is -2.08. The second-order valence-electron chi connectivity index (χ2n) is 4.30. The summed E-state index contributed by atoms with van der Waals surface area (Å²) >= 11 is 8.17. The van der Waals surface area contributed by atoms with Crippen molar-refractivity contribution < 1.29 is 0 Å². The van der Waals surface area contributed by atoms with E-state index in [9.17, 15) is 0 Å². The number of nitrogens with one attached hydrogen (secondary N) is 1. The molecule has 0 aliphatic rings. The van der Waals surface area contributed by atoms with E-state index in [0.29, 0.717) is 10.8 Å². The van der Waals surface area contributed by atoms with Gasteiger partial charge in [0.15, 0.2) is 5.82 Å². The van der Waals surface area contributed by atoms with Gasteiger partial charge in [0, 0.05) is 12.7 Å². The number of hydrogen-bond donors (Lipinski definition) is 1. The van der Waals surface area contributed by atoms with Crippen molar-refractivity contribution in [3.05, 3.63) is 32.6 Å². The molecule has 106 valence electrons. The van der Waals surface area contributed by atoms with Crippen LogP contribution in [0.1, 0.15) is 26.0 Å². The summed E-state index contributed by atoms with van der Waals surface area (Å²) in [6, 6.07) is 3.65. The molecule has 2 aromatic heterocycles. The van der Waals surface area contributed by atoms with Crippen LogP contribution in [0.3, 0.4) is 0 Å². The molecule has 4 nitrogen and oxygen atoms in total. The molecular weight excluding hydrogens is 387 g/mol. The molecular formula is C14H16ClIN4. The average Bonchev–Trinajstić information content (AvgIpc) is 2.44. The molecule has 0 saturated carbocycles. The van der Waals surface area contributed by atoms with E-state index in [0.717, 1.165) is 40.2 Å². The number of hydrogen-bond acceptors (Lipinski definition) is 4. The van der Waals surface area contributed by atoms with Crippen LogP contribution >= 0.6 is 34.2 Å². The van der Waals surface area contributed by atoms with Gasteiger partial charge in [-0.3, -0.25) is 4.98 Å². The van der Waals surface area contributed by atoms with Crippen LogP contribution in [0, 0.1) is 3.57 Å². The fourth-order valence-corrected chi connectivity index (χ4v) is 2.62. The van der Waals surface area contributed by atoms with Crippen LogP contribution in [0.4, 0.5) is 5.82 Å². The first-order valence-corrected chi connectivity index (χ1v) is 8.03. The van der Waals surface area contributed by atoms with Gasteiger partial charge in [-0.2, -0.15) is 0 Å². The predicted octanol–water partition coefficient (Wildman–Crippen LogP) is 4.18. The molecule has 0 aliphatic heterocycles. The maximum Gasteiger partial charge on any atom is 0.180 e. The van der Waals surface area contributed by atoms with Crippen molar-refractivity contribution in [3.8, 4) is 11.5 Å². The Hall–Kier alpha value is -0.950. The third-order valence-corrected chi connectivity index (χ3v) is 4.06. The van der Waals surface area contributed by atoms with Crippen molar-refractivity contribution in [2.75, 3.05) is 11.9 Å². The second kappa shape index (κ2) is 7.17. The van der Waals surface area contributed by atoms with Crippen molar-refractivity contribution in [2.24, 2.45) is 0 Å². The minimum atomic E-state index is 0.611. The number of halogens is 2. The molecule has 1 N–H and O–H groups in total. The monoisotopic (exact) mass is 402 g/mol. The van der Waals surface area contributed by atoms with E-state index in [1.165, 1.54) is 0 Å². The van der Waals surface area contributed by atoms with Gasteiger partial charge in [0.2, 0.25) is 0 Å². The second-order valence-corrected chi connectivity index (χ2v) is 5.81. The summed E-state index contributed by atoms with van der Waals surface area (Å²) in [7, 11) is 0. The van der Waals surface area contributed by atoms with Crippen LogP contribution < -0.4 is 5.32 Å². The first kappa shape index (κ1) is 15.4. The molecule has 0 aliphatic carbocycles. The Morgan fingerprint density at radius 2 is 2.05 bits per heavy atom. The summed E-state index contributed by atoms with van der Waals surface area (Å²) in [6.07, 6.45) is 3.59. The van der Waals surface area contributed by atoms with E-state index in [4.69, 9.17) is 11.6 Å². The zero-order valence-corrected chi connectivity index (χ0v) is 14.4. The number of aromatic nitrogens is 3. The molecule has 0 spiro atoms. The van der Waals surface area contributed by atoms with Crippen LogP contribution in [0.25, 0.3) is 11.5 Å². The fourth-order valence-electron chi connectivity index (χ4n) is 1.80. The van der Waals surface area contributed by atoms with Gasteiger partial charge in [-0.15, -0.1) is 0 Å². The van der Waals surface area contributed by atoms with E-state index in [1.54, 1.807) is 12.3 Å². The highest BCUT2D eigenvalue weighted by atomic mass is 127. The van der Waals surface area contributed by atoms with Gasteiger partial charge in [0.1, 0.15) is 11.5 Å². The summed E-state index contributed by atoms with van der Waals surface area (Å²) in [4.78, 5) is 13.5. The lowest BCUT2D eigenvalue weighted by molar-refractivity contribution is 0.865. The van der Waals surface area contributed by atoms with Gasteiger partial charge in [-0.05, 0) is 48.1 Å². The predicted molar refractivity (Wildman–Crippen MR) is 91.1 cm³/mol. The Labute approximate surface area is 137 Å². The normalized spacial score (nSPS) is 10.6. The largest absolute Gasteiger partial charge is 0.369 e. The summed E-state index contributed by atoms with van der Waals surface area (Å²) in [5.41, 5.74) is 1.80. The Morgan fingerprint density at radius 1 is 1.25 bits per heavy atom. The maximum atomic E-state index is 5.87. The average molecular weight is 403 g/mol. The van der Waals surface area contributed by atoms with Crippen LogP contribution in [-0.2, 0) is 6.42 Å². The molecule has 0 bridgehead atoms. The number of aryl methyl sites for hydroxylation is 1. The number of pyridine rings is 1. The zero-order chi connectivity index (χ0) is 14.5. The highest BCUT2D eigenvalue weighted by Gasteiger charge is 2.13. The van der Waals surface area contributed by atoms with Crippen molar-refractivity contribution in [3.63, 3.8) is 0 Å². The summed E-state index contributed by atoms with van der Waals surface area (Å²) in [6.45, 7) is 5.02. The van der Waals surface area contributed by atoms with E-state index in [-0.39, 0.29) is 0 Å². The molecule has 0 aromatic carbocycles. The van der Waals surface area contributed by atoms with Gasteiger partial charge in [-0.25, -0.2) is 9.97 Å². The SMILES string of the molecule is CCCc1nc(-c2ccc(Cl)cn2)nc(NCC)c1I. The molecule has 0 saturated heterocycles.